The van der Waals surface area contributed by atoms with Gasteiger partial charge in [-0.05, 0) is 33.6 Å². The topological polar surface area (TPSA) is 73.8 Å². The molecular weight excluding hydrogens is 298 g/mol. The van der Waals surface area contributed by atoms with E-state index in [2.05, 4.69) is 9.97 Å². The van der Waals surface area contributed by atoms with E-state index in [4.69, 9.17) is 14.2 Å². The Morgan fingerprint density at radius 2 is 2.09 bits per heavy atom. The SMILES string of the molecule is COc1cc(OC[C@H]2CCCN(C(=O)OC(C)(C)C)C2)ncn1. The lowest BCUT2D eigenvalue weighted by Gasteiger charge is -2.33. The number of piperidine rings is 1. The number of carbonyl (C=O) groups excluding carboxylic acids is 1. The highest BCUT2D eigenvalue weighted by molar-refractivity contribution is 5.68. The van der Waals surface area contributed by atoms with Crippen molar-refractivity contribution in [1.82, 2.24) is 14.9 Å². The van der Waals surface area contributed by atoms with Crippen LogP contribution in [0.1, 0.15) is 33.6 Å². The summed E-state index contributed by atoms with van der Waals surface area (Å²) >= 11 is 0. The van der Waals surface area contributed by atoms with Crippen LogP contribution >= 0.6 is 0 Å². The van der Waals surface area contributed by atoms with E-state index in [1.165, 1.54) is 6.33 Å². The highest BCUT2D eigenvalue weighted by Crippen LogP contribution is 2.21. The first-order valence-corrected chi connectivity index (χ1v) is 7.84. The number of methoxy groups -OCH3 is 1. The van der Waals surface area contributed by atoms with Gasteiger partial charge in [-0.3, -0.25) is 0 Å². The van der Waals surface area contributed by atoms with Crippen molar-refractivity contribution in [3.8, 4) is 11.8 Å². The first-order chi connectivity index (χ1) is 10.9. The second kappa shape index (κ2) is 7.48. The summed E-state index contributed by atoms with van der Waals surface area (Å²) < 4.78 is 16.2. The maximum atomic E-state index is 12.1. The van der Waals surface area contributed by atoms with E-state index < -0.39 is 5.60 Å². The summed E-state index contributed by atoms with van der Waals surface area (Å²) in [6, 6.07) is 1.65. The van der Waals surface area contributed by atoms with Gasteiger partial charge in [-0.15, -0.1) is 0 Å². The molecule has 0 aliphatic carbocycles. The number of hydrogen-bond donors (Lipinski definition) is 0. The Kier molecular flexibility index (Phi) is 5.63. The van der Waals surface area contributed by atoms with E-state index in [-0.39, 0.29) is 12.0 Å². The molecule has 1 aromatic heterocycles. The zero-order valence-corrected chi connectivity index (χ0v) is 14.2. The number of aromatic nitrogens is 2. The fourth-order valence-electron chi connectivity index (χ4n) is 2.41. The third-order valence-electron chi connectivity index (χ3n) is 3.46. The second-order valence-electron chi connectivity index (χ2n) is 6.64. The molecule has 0 saturated carbocycles. The van der Waals surface area contributed by atoms with Crippen LogP contribution < -0.4 is 9.47 Å². The normalized spacial score (nSPS) is 18.4. The first-order valence-electron chi connectivity index (χ1n) is 7.84. The van der Waals surface area contributed by atoms with Crippen LogP contribution in [0.5, 0.6) is 11.8 Å². The Hall–Kier alpha value is -2.05. The molecule has 2 heterocycles. The van der Waals surface area contributed by atoms with E-state index in [1.54, 1.807) is 18.1 Å². The van der Waals surface area contributed by atoms with Crippen LogP contribution in [0.3, 0.4) is 0 Å². The van der Waals surface area contributed by atoms with Gasteiger partial charge in [-0.1, -0.05) is 0 Å². The molecule has 7 heteroatoms. The van der Waals surface area contributed by atoms with Crippen LogP contribution in [0.25, 0.3) is 0 Å². The van der Waals surface area contributed by atoms with Crippen LogP contribution in [-0.4, -0.2) is 53.4 Å². The second-order valence-corrected chi connectivity index (χ2v) is 6.64. The highest BCUT2D eigenvalue weighted by Gasteiger charge is 2.28. The number of rotatable bonds is 4. The van der Waals surface area contributed by atoms with Gasteiger partial charge in [0.25, 0.3) is 0 Å². The van der Waals surface area contributed by atoms with Crippen LogP contribution in [-0.2, 0) is 4.74 Å². The third kappa shape index (κ3) is 5.58. The summed E-state index contributed by atoms with van der Waals surface area (Å²) in [6.07, 6.45) is 3.11. The molecule has 7 nitrogen and oxygen atoms in total. The predicted molar refractivity (Wildman–Crippen MR) is 84.6 cm³/mol. The summed E-state index contributed by atoms with van der Waals surface area (Å²) in [4.78, 5) is 21.9. The number of carbonyl (C=O) groups is 1. The molecule has 1 amide bonds. The van der Waals surface area contributed by atoms with Gasteiger partial charge in [0.15, 0.2) is 0 Å². The summed E-state index contributed by atoms with van der Waals surface area (Å²) in [6.45, 7) is 7.48. The van der Waals surface area contributed by atoms with E-state index in [1.807, 2.05) is 20.8 Å². The molecule has 0 aromatic carbocycles. The van der Waals surface area contributed by atoms with Crippen LogP contribution in [0.2, 0.25) is 0 Å². The molecule has 0 N–H and O–H groups in total. The molecule has 128 valence electrons. The minimum Gasteiger partial charge on any atom is -0.481 e. The molecule has 0 bridgehead atoms. The molecule has 0 unspecified atom stereocenters. The average Bonchev–Trinajstić information content (AvgIpc) is 2.52. The summed E-state index contributed by atoms with van der Waals surface area (Å²) in [5, 5.41) is 0. The lowest BCUT2D eigenvalue weighted by atomic mass is 9.99. The van der Waals surface area contributed by atoms with E-state index in [0.29, 0.717) is 24.9 Å². The smallest absolute Gasteiger partial charge is 0.410 e. The molecule has 23 heavy (non-hydrogen) atoms. The molecule has 0 radical (unpaired) electrons. The minimum absolute atomic E-state index is 0.258. The van der Waals surface area contributed by atoms with Crippen molar-refractivity contribution in [3.63, 3.8) is 0 Å². The molecular formula is C16H25N3O4. The molecule has 1 aliphatic rings. The largest absolute Gasteiger partial charge is 0.481 e. The number of nitrogens with zero attached hydrogens (tertiary/aromatic N) is 3. The third-order valence-corrected chi connectivity index (χ3v) is 3.46. The molecule has 1 fully saturated rings. The summed E-state index contributed by atoms with van der Waals surface area (Å²) in [5.41, 5.74) is -0.474. The zero-order chi connectivity index (χ0) is 16.9. The van der Waals surface area contributed by atoms with Crippen molar-refractivity contribution < 1.29 is 19.0 Å². The van der Waals surface area contributed by atoms with Crippen LogP contribution in [0, 0.1) is 5.92 Å². The molecule has 1 saturated heterocycles. The highest BCUT2D eigenvalue weighted by atomic mass is 16.6. The fourth-order valence-corrected chi connectivity index (χ4v) is 2.41. The Morgan fingerprint density at radius 3 is 2.78 bits per heavy atom. The van der Waals surface area contributed by atoms with E-state index >= 15 is 0 Å². The molecule has 1 aliphatic heterocycles. The van der Waals surface area contributed by atoms with Gasteiger partial charge in [0, 0.05) is 19.0 Å². The predicted octanol–water partition coefficient (Wildman–Crippen LogP) is 2.51. The van der Waals surface area contributed by atoms with E-state index in [9.17, 15) is 4.79 Å². The number of likely N-dealkylation sites (tertiary alicyclic amines) is 1. The fraction of sp³-hybridized carbons (Fsp3) is 0.688. The summed E-state index contributed by atoms with van der Waals surface area (Å²) in [7, 11) is 1.55. The first kappa shape index (κ1) is 17.3. The monoisotopic (exact) mass is 323 g/mol. The number of ether oxygens (including phenoxy) is 3. The van der Waals surface area contributed by atoms with Gasteiger partial charge in [-0.2, -0.15) is 0 Å². The quantitative estimate of drug-likeness (QED) is 0.847. The minimum atomic E-state index is -0.474. The Balaban J connectivity index is 1.85. The van der Waals surface area contributed by atoms with Crippen molar-refractivity contribution in [1.29, 1.82) is 0 Å². The van der Waals surface area contributed by atoms with Gasteiger partial charge < -0.3 is 19.1 Å². The standard InChI is InChI=1S/C16H25N3O4/c1-16(2,3)23-15(20)19-7-5-6-12(9-19)10-22-14-8-13(21-4)17-11-18-14/h8,11-12H,5-7,9-10H2,1-4H3/t12-/m0/s1. The van der Waals surface area contributed by atoms with Crippen LogP contribution in [0.4, 0.5) is 4.79 Å². The maximum absolute atomic E-state index is 12.1. The Labute approximate surface area is 137 Å². The maximum Gasteiger partial charge on any atom is 0.410 e. The van der Waals surface area contributed by atoms with Crippen molar-refractivity contribution in [2.24, 2.45) is 5.92 Å². The van der Waals surface area contributed by atoms with Crippen LogP contribution in [0.15, 0.2) is 12.4 Å². The van der Waals surface area contributed by atoms with E-state index in [0.717, 1.165) is 19.4 Å². The number of amides is 1. The lowest BCUT2D eigenvalue weighted by molar-refractivity contribution is 0.0138. The summed E-state index contributed by atoms with van der Waals surface area (Å²) in [5.74, 6) is 1.21. The van der Waals surface area contributed by atoms with Gasteiger partial charge in [0.1, 0.15) is 11.9 Å². The molecule has 1 aromatic rings. The zero-order valence-electron chi connectivity index (χ0n) is 14.2. The van der Waals surface area contributed by atoms with Crippen molar-refractivity contribution in [3.05, 3.63) is 12.4 Å². The molecule has 1 atom stereocenters. The number of hydrogen-bond acceptors (Lipinski definition) is 6. The van der Waals surface area contributed by atoms with Gasteiger partial charge in [0.05, 0.1) is 19.8 Å². The lowest BCUT2D eigenvalue weighted by Crippen LogP contribution is -2.44. The van der Waals surface area contributed by atoms with Crippen molar-refractivity contribution in [2.75, 3.05) is 26.8 Å². The molecule has 0 spiro atoms. The van der Waals surface area contributed by atoms with Crippen molar-refractivity contribution in [2.45, 2.75) is 39.2 Å². The van der Waals surface area contributed by atoms with Gasteiger partial charge in [-0.25, -0.2) is 14.8 Å². The Morgan fingerprint density at radius 1 is 1.35 bits per heavy atom. The molecule has 2 rings (SSSR count). The van der Waals surface area contributed by atoms with Gasteiger partial charge >= 0.3 is 6.09 Å². The van der Waals surface area contributed by atoms with Crippen molar-refractivity contribution >= 4 is 6.09 Å². The average molecular weight is 323 g/mol. The van der Waals surface area contributed by atoms with Gasteiger partial charge in [0.2, 0.25) is 11.8 Å². The Bertz CT molecular complexity index is 530.